The minimum absolute atomic E-state index is 0.0218. The van der Waals surface area contributed by atoms with Crippen molar-refractivity contribution in [1.82, 2.24) is 20.1 Å². The van der Waals surface area contributed by atoms with Crippen LogP contribution in [0, 0.1) is 0 Å². The van der Waals surface area contributed by atoms with Gasteiger partial charge in [-0.2, -0.15) is 10.2 Å². The number of rotatable bonds is 3. The first-order valence-corrected chi connectivity index (χ1v) is 10.2. The lowest BCUT2D eigenvalue weighted by atomic mass is 9.99. The summed E-state index contributed by atoms with van der Waals surface area (Å²) in [7, 11) is 0. The van der Waals surface area contributed by atoms with E-state index in [1.807, 2.05) is 41.3 Å². The summed E-state index contributed by atoms with van der Waals surface area (Å²) in [5, 5.41) is 15.1. The molecule has 5 rings (SSSR count). The highest BCUT2D eigenvalue weighted by Crippen LogP contribution is 2.34. The van der Waals surface area contributed by atoms with Crippen LogP contribution >= 0.6 is 11.3 Å². The largest absolute Gasteiger partial charge is 0.335 e. The number of halogens is 1. The van der Waals surface area contributed by atoms with Crippen molar-refractivity contribution in [3.05, 3.63) is 46.0 Å². The smallest absolute Gasteiger partial charge is 0.264 e. The Kier molecular flexibility index (Phi) is 4.31. The van der Waals surface area contributed by atoms with Gasteiger partial charge < -0.3 is 4.90 Å². The van der Waals surface area contributed by atoms with Crippen molar-refractivity contribution >= 4 is 35.2 Å². The van der Waals surface area contributed by atoms with Gasteiger partial charge in [-0.15, -0.1) is 11.3 Å². The summed E-state index contributed by atoms with van der Waals surface area (Å²) < 4.78 is 13.6. The molecule has 9 heteroatoms. The lowest BCUT2D eigenvalue weighted by Crippen LogP contribution is -2.40. The highest BCUT2D eigenvalue weighted by atomic mass is 32.1. The summed E-state index contributed by atoms with van der Waals surface area (Å²) >= 11 is 1.40. The van der Waals surface area contributed by atoms with Crippen LogP contribution < -0.4 is 0 Å². The number of aromatic amines is 1. The molecule has 1 fully saturated rings. The predicted molar refractivity (Wildman–Crippen MR) is 106 cm³/mol. The fourth-order valence-electron chi connectivity index (χ4n) is 3.78. The van der Waals surface area contributed by atoms with Gasteiger partial charge in [-0.3, -0.25) is 14.9 Å². The van der Waals surface area contributed by atoms with Gasteiger partial charge in [0.05, 0.1) is 23.5 Å². The van der Waals surface area contributed by atoms with Crippen molar-refractivity contribution in [2.24, 2.45) is 10.1 Å². The molecule has 1 saturated heterocycles. The molecule has 0 saturated carbocycles. The van der Waals surface area contributed by atoms with Crippen LogP contribution in [0.25, 0.3) is 5.57 Å². The van der Waals surface area contributed by atoms with Crippen LogP contribution in [-0.2, 0) is 0 Å². The first kappa shape index (κ1) is 17.3. The molecule has 3 unspecified atom stereocenters. The van der Waals surface area contributed by atoms with Crippen molar-refractivity contribution in [2.75, 3.05) is 13.1 Å². The first-order valence-electron chi connectivity index (χ1n) is 9.27. The van der Waals surface area contributed by atoms with E-state index in [1.165, 1.54) is 11.3 Å². The zero-order chi connectivity index (χ0) is 19.1. The number of likely N-dealkylation sites (tertiary alicyclic amines) is 1. The maximum Gasteiger partial charge on any atom is 0.264 e. The number of carbonyl (C=O) groups is 1. The zero-order valence-corrected chi connectivity index (χ0v) is 15.8. The number of amides is 1. The molecule has 3 aliphatic rings. The highest BCUT2D eigenvalue weighted by Gasteiger charge is 2.34. The molecule has 3 aliphatic heterocycles. The number of carbonyl (C=O) groups excluding carboxylic acids is 1. The molecule has 28 heavy (non-hydrogen) atoms. The molecule has 3 atom stereocenters. The molecular formula is C19H19FN6OS. The van der Waals surface area contributed by atoms with Gasteiger partial charge in [-0.05, 0) is 29.9 Å². The quantitative estimate of drug-likeness (QED) is 0.864. The topological polar surface area (TPSA) is 77.0 Å². The van der Waals surface area contributed by atoms with Crippen LogP contribution in [-0.4, -0.2) is 63.9 Å². The fraction of sp³-hybridized carbons (Fsp3) is 0.368. The number of allylic oxidation sites excluding steroid dienone is 1. The third kappa shape index (κ3) is 3.05. The Morgan fingerprint density at radius 1 is 1.39 bits per heavy atom. The maximum atomic E-state index is 13.6. The number of fused-ring (bicyclic) bond motifs is 1. The molecule has 144 valence electrons. The summed E-state index contributed by atoms with van der Waals surface area (Å²) in [4.78, 5) is 19.6. The van der Waals surface area contributed by atoms with E-state index >= 15 is 0 Å². The normalized spacial score (nSPS) is 26.5. The second-order valence-electron chi connectivity index (χ2n) is 7.17. The van der Waals surface area contributed by atoms with Gasteiger partial charge in [-0.1, -0.05) is 0 Å². The zero-order valence-electron chi connectivity index (χ0n) is 15.0. The molecule has 1 N–H and O–H groups in total. The molecule has 2 aromatic rings. The van der Waals surface area contributed by atoms with E-state index in [9.17, 15) is 9.18 Å². The van der Waals surface area contributed by atoms with E-state index in [2.05, 4.69) is 20.3 Å². The summed E-state index contributed by atoms with van der Waals surface area (Å²) in [5.41, 5.74) is 2.91. The van der Waals surface area contributed by atoms with Crippen LogP contribution in [0.5, 0.6) is 0 Å². The third-order valence-corrected chi connectivity index (χ3v) is 6.23. The Labute approximate surface area is 165 Å². The van der Waals surface area contributed by atoms with E-state index in [0.29, 0.717) is 17.8 Å². The summed E-state index contributed by atoms with van der Waals surface area (Å²) in [6.45, 7) is 0.818. The van der Waals surface area contributed by atoms with E-state index < -0.39 is 6.17 Å². The lowest BCUT2D eigenvalue weighted by molar-refractivity contribution is 0.0641. The van der Waals surface area contributed by atoms with Crippen molar-refractivity contribution in [3.8, 4) is 0 Å². The van der Waals surface area contributed by atoms with E-state index in [4.69, 9.17) is 0 Å². The second-order valence-corrected chi connectivity index (χ2v) is 8.08. The van der Waals surface area contributed by atoms with Gasteiger partial charge in [0.1, 0.15) is 6.17 Å². The van der Waals surface area contributed by atoms with Crippen molar-refractivity contribution in [3.63, 3.8) is 0 Å². The Morgan fingerprint density at radius 2 is 2.32 bits per heavy atom. The number of thiophene rings is 1. The molecule has 0 aromatic carbocycles. The van der Waals surface area contributed by atoms with Gasteiger partial charge in [0.2, 0.25) is 0 Å². The molecule has 0 bridgehead atoms. The monoisotopic (exact) mass is 398 g/mol. The number of aliphatic imine (C=N–C) groups is 1. The Balaban J connectivity index is 1.32. The summed E-state index contributed by atoms with van der Waals surface area (Å²) in [5.74, 6) is -0.105. The Morgan fingerprint density at radius 3 is 3.14 bits per heavy atom. The molecule has 0 spiro atoms. The number of aromatic nitrogens is 2. The van der Waals surface area contributed by atoms with Crippen LogP contribution in [0.1, 0.15) is 39.6 Å². The number of piperidine rings is 1. The SMILES string of the molecule is O=C(c1cc(C2C=NN3C=C(c4cn[nH]c4)C=NC23)cs1)N1CCCC(F)C1. The molecule has 7 nitrogen and oxygen atoms in total. The van der Waals surface area contributed by atoms with E-state index in [-0.39, 0.29) is 24.5 Å². The fourth-order valence-corrected chi connectivity index (χ4v) is 4.70. The number of nitrogens with zero attached hydrogens (tertiary/aromatic N) is 5. The number of hydrogen-bond acceptors (Lipinski definition) is 6. The molecule has 1 amide bonds. The maximum absolute atomic E-state index is 13.6. The van der Waals surface area contributed by atoms with Crippen molar-refractivity contribution in [1.29, 1.82) is 0 Å². The van der Waals surface area contributed by atoms with Crippen LogP contribution in [0.3, 0.4) is 0 Å². The standard InChI is InChI=1S/C19H19FN6OS/c20-15-2-1-3-25(10-15)19(27)17-4-12(11-28-17)16-8-24-26-9-14(5-21-18(16)26)13-6-22-23-7-13/h4-9,11,15-16,18H,1-3,10H2,(H,22,23). The minimum Gasteiger partial charge on any atom is -0.335 e. The number of alkyl halides is 1. The second kappa shape index (κ2) is 6.97. The van der Waals surface area contributed by atoms with Gasteiger partial charge in [-0.25, -0.2) is 9.40 Å². The molecule has 2 aromatic heterocycles. The lowest BCUT2D eigenvalue weighted by Gasteiger charge is -2.28. The first-order chi connectivity index (χ1) is 13.7. The predicted octanol–water partition coefficient (Wildman–Crippen LogP) is 2.88. The number of nitrogens with one attached hydrogen (secondary N) is 1. The molecule has 0 aliphatic carbocycles. The average Bonchev–Trinajstić information content (AvgIpc) is 3.46. The average molecular weight is 398 g/mol. The molecule has 0 radical (unpaired) electrons. The highest BCUT2D eigenvalue weighted by molar-refractivity contribution is 7.12. The number of hydrogen-bond donors (Lipinski definition) is 1. The molecular weight excluding hydrogens is 379 g/mol. The van der Waals surface area contributed by atoms with Gasteiger partial charge >= 0.3 is 0 Å². The van der Waals surface area contributed by atoms with Crippen LogP contribution in [0.15, 0.2) is 40.1 Å². The minimum atomic E-state index is -0.916. The van der Waals surface area contributed by atoms with Crippen molar-refractivity contribution < 1.29 is 9.18 Å². The number of hydrazone groups is 1. The third-order valence-electron chi connectivity index (χ3n) is 5.29. The Bertz CT molecular complexity index is 965. The van der Waals surface area contributed by atoms with Crippen molar-refractivity contribution in [2.45, 2.75) is 31.1 Å². The van der Waals surface area contributed by atoms with Crippen LogP contribution in [0.4, 0.5) is 4.39 Å². The van der Waals surface area contributed by atoms with Gasteiger partial charge in [0, 0.05) is 42.5 Å². The van der Waals surface area contributed by atoms with E-state index in [1.54, 1.807) is 11.1 Å². The van der Waals surface area contributed by atoms with Gasteiger partial charge in [0.25, 0.3) is 5.91 Å². The summed E-state index contributed by atoms with van der Waals surface area (Å²) in [6, 6.07) is 1.90. The Hall–Kier alpha value is -2.81. The van der Waals surface area contributed by atoms with Gasteiger partial charge in [0.15, 0.2) is 6.17 Å². The van der Waals surface area contributed by atoms with E-state index in [0.717, 1.165) is 23.1 Å². The van der Waals surface area contributed by atoms with Crippen LogP contribution in [0.2, 0.25) is 0 Å². The summed E-state index contributed by atoms with van der Waals surface area (Å²) in [6.07, 6.45) is 9.40. The number of H-pyrrole nitrogens is 1. The molecule has 5 heterocycles.